The molecule has 1 aromatic carbocycles. The van der Waals surface area contributed by atoms with Crippen molar-refractivity contribution in [2.45, 2.75) is 12.3 Å². The lowest BCUT2D eigenvalue weighted by molar-refractivity contribution is 0.589. The first-order valence-electron chi connectivity index (χ1n) is 11.1. The van der Waals surface area contributed by atoms with Crippen LogP contribution < -0.4 is 10.2 Å². The van der Waals surface area contributed by atoms with Gasteiger partial charge in [-0.15, -0.1) is 10.2 Å². The summed E-state index contributed by atoms with van der Waals surface area (Å²) < 4.78 is 3.95. The number of nitrogens with zero attached hydrogens (tertiary/aromatic N) is 7. The summed E-state index contributed by atoms with van der Waals surface area (Å²) in [6.45, 7) is 0.865. The zero-order valence-corrected chi connectivity index (χ0v) is 19.6. The van der Waals surface area contributed by atoms with Crippen LogP contribution in [0.15, 0.2) is 67.0 Å². The predicted octanol–water partition coefficient (Wildman–Crippen LogP) is 4.70. The Hall–Kier alpha value is -3.91. The molecule has 0 aliphatic carbocycles. The molecule has 1 aliphatic rings. The topological polar surface area (TPSA) is 76.2 Å². The second-order valence-electron chi connectivity index (χ2n) is 8.66. The van der Waals surface area contributed by atoms with Crippen molar-refractivity contribution >= 4 is 34.7 Å². The van der Waals surface area contributed by atoms with Crippen molar-refractivity contribution in [2.24, 2.45) is 7.05 Å². The molecule has 0 spiro atoms. The van der Waals surface area contributed by atoms with Gasteiger partial charge in [-0.25, -0.2) is 4.98 Å². The van der Waals surface area contributed by atoms with Crippen molar-refractivity contribution in [1.29, 1.82) is 0 Å². The van der Waals surface area contributed by atoms with Gasteiger partial charge in [-0.1, -0.05) is 23.7 Å². The minimum Gasteiger partial charge on any atom is -0.360 e. The van der Waals surface area contributed by atoms with Gasteiger partial charge >= 0.3 is 0 Å². The fraction of sp³-hybridized carbons (Fsp3) is 0.200. The quantitative estimate of drug-likeness (QED) is 0.401. The van der Waals surface area contributed by atoms with Crippen molar-refractivity contribution < 1.29 is 0 Å². The van der Waals surface area contributed by atoms with Gasteiger partial charge in [0.2, 0.25) is 0 Å². The number of aryl methyl sites for hydroxylation is 1. The van der Waals surface area contributed by atoms with Gasteiger partial charge in [-0.2, -0.15) is 5.10 Å². The molecule has 0 radical (unpaired) electrons. The average Bonchev–Trinajstić information content (AvgIpc) is 3.45. The Kier molecular flexibility index (Phi) is 4.95. The molecule has 1 atom stereocenters. The number of rotatable bonds is 5. The van der Waals surface area contributed by atoms with Gasteiger partial charge in [-0.05, 0) is 59.5 Å². The van der Waals surface area contributed by atoms with E-state index in [2.05, 4.69) is 66.2 Å². The highest BCUT2D eigenvalue weighted by Crippen LogP contribution is 2.35. The Bertz CT molecular complexity index is 1490. The summed E-state index contributed by atoms with van der Waals surface area (Å²) in [5, 5.41) is 17.4. The Morgan fingerprint density at radius 3 is 2.62 bits per heavy atom. The molecule has 0 unspecified atom stereocenters. The van der Waals surface area contributed by atoms with E-state index in [4.69, 9.17) is 11.6 Å². The zero-order chi connectivity index (χ0) is 23.2. The first-order valence-corrected chi connectivity index (χ1v) is 11.5. The van der Waals surface area contributed by atoms with Gasteiger partial charge in [0.05, 0.1) is 6.20 Å². The number of hydrogen-bond donors (Lipinski definition) is 1. The van der Waals surface area contributed by atoms with E-state index in [-0.39, 0.29) is 5.92 Å². The maximum atomic E-state index is 6.06. The third-order valence-corrected chi connectivity index (χ3v) is 6.58. The molecular weight excluding hydrogens is 448 g/mol. The molecule has 5 heterocycles. The lowest BCUT2D eigenvalue weighted by atomic mass is 9.96. The first kappa shape index (κ1) is 20.7. The summed E-state index contributed by atoms with van der Waals surface area (Å²) >= 11 is 6.06. The summed E-state index contributed by atoms with van der Waals surface area (Å²) in [6, 6.07) is 18.3. The number of anilines is 3. The SMILES string of the molecule is CN1C[C@H](Cc2ccc(Cl)cc2)c2nnc3cc(-c4ccnc(Nc5ccnn5C)c4)cc1n23. The smallest absolute Gasteiger partial charge is 0.163 e. The zero-order valence-electron chi connectivity index (χ0n) is 18.9. The number of aromatic nitrogens is 6. The van der Waals surface area contributed by atoms with Gasteiger partial charge < -0.3 is 10.2 Å². The number of likely N-dealkylation sites (N-methyl/N-ethyl adjacent to an activating group) is 1. The van der Waals surface area contributed by atoms with E-state index >= 15 is 0 Å². The van der Waals surface area contributed by atoms with E-state index in [9.17, 15) is 0 Å². The van der Waals surface area contributed by atoms with Crippen LogP contribution in [0.2, 0.25) is 5.02 Å². The fourth-order valence-corrected chi connectivity index (χ4v) is 4.73. The minimum absolute atomic E-state index is 0.246. The molecule has 0 amide bonds. The van der Waals surface area contributed by atoms with Gasteiger partial charge in [0.1, 0.15) is 23.3 Å². The highest BCUT2D eigenvalue weighted by atomic mass is 35.5. The third kappa shape index (κ3) is 3.66. The van der Waals surface area contributed by atoms with E-state index < -0.39 is 0 Å². The maximum absolute atomic E-state index is 6.06. The van der Waals surface area contributed by atoms with Crippen molar-refractivity contribution in [3.05, 3.63) is 83.4 Å². The Morgan fingerprint density at radius 2 is 1.82 bits per heavy atom. The molecule has 0 saturated carbocycles. The van der Waals surface area contributed by atoms with Crippen LogP contribution in [-0.2, 0) is 13.5 Å². The van der Waals surface area contributed by atoms with Gasteiger partial charge in [-0.3, -0.25) is 9.08 Å². The molecule has 8 nitrogen and oxygen atoms in total. The lowest BCUT2D eigenvalue weighted by Gasteiger charge is -2.31. The first-order chi connectivity index (χ1) is 16.5. The Labute approximate surface area is 201 Å². The van der Waals surface area contributed by atoms with Crippen molar-refractivity contribution in [1.82, 2.24) is 29.4 Å². The highest BCUT2D eigenvalue weighted by molar-refractivity contribution is 6.30. The van der Waals surface area contributed by atoms with Crippen LogP contribution in [0.25, 0.3) is 16.8 Å². The monoisotopic (exact) mass is 470 g/mol. The van der Waals surface area contributed by atoms with Crippen LogP contribution in [-0.4, -0.2) is 43.0 Å². The molecule has 1 N–H and O–H groups in total. The molecule has 5 aromatic rings. The van der Waals surface area contributed by atoms with E-state index in [1.807, 2.05) is 43.6 Å². The van der Waals surface area contributed by atoms with E-state index in [0.29, 0.717) is 0 Å². The molecule has 34 heavy (non-hydrogen) atoms. The van der Waals surface area contributed by atoms with Crippen LogP contribution in [0, 0.1) is 0 Å². The number of benzene rings is 1. The molecule has 0 fully saturated rings. The molecule has 1 aliphatic heterocycles. The van der Waals surface area contributed by atoms with Crippen LogP contribution in [0.4, 0.5) is 17.5 Å². The molecule has 0 bridgehead atoms. The summed E-state index contributed by atoms with van der Waals surface area (Å²) in [6.07, 6.45) is 4.45. The van der Waals surface area contributed by atoms with E-state index in [1.165, 1.54) is 5.56 Å². The molecule has 9 heteroatoms. The summed E-state index contributed by atoms with van der Waals surface area (Å²) in [5.74, 6) is 3.96. The normalized spacial score (nSPS) is 15.1. The number of nitrogens with one attached hydrogen (secondary N) is 1. The van der Waals surface area contributed by atoms with Gasteiger partial charge in [0.15, 0.2) is 5.65 Å². The number of halogens is 1. The van der Waals surface area contributed by atoms with Crippen LogP contribution in [0.3, 0.4) is 0 Å². The summed E-state index contributed by atoms with van der Waals surface area (Å²) in [7, 11) is 4.02. The van der Waals surface area contributed by atoms with Crippen molar-refractivity contribution in [3.8, 4) is 11.1 Å². The molecular formula is C25H23ClN8. The second-order valence-corrected chi connectivity index (χ2v) is 9.09. The average molecular weight is 471 g/mol. The Balaban J connectivity index is 1.35. The third-order valence-electron chi connectivity index (χ3n) is 6.33. The van der Waals surface area contributed by atoms with Gasteiger partial charge in [0, 0.05) is 43.8 Å². The van der Waals surface area contributed by atoms with E-state index in [1.54, 1.807) is 10.9 Å². The highest BCUT2D eigenvalue weighted by Gasteiger charge is 2.28. The van der Waals surface area contributed by atoms with Crippen molar-refractivity contribution in [3.63, 3.8) is 0 Å². The lowest BCUT2D eigenvalue weighted by Crippen LogP contribution is -2.32. The van der Waals surface area contributed by atoms with Crippen LogP contribution in [0.5, 0.6) is 0 Å². The summed E-state index contributed by atoms with van der Waals surface area (Å²) in [5.41, 5.74) is 4.21. The number of hydrogen-bond acceptors (Lipinski definition) is 6. The molecule has 6 rings (SSSR count). The fourth-order valence-electron chi connectivity index (χ4n) is 4.61. The van der Waals surface area contributed by atoms with Crippen LogP contribution >= 0.6 is 11.6 Å². The van der Waals surface area contributed by atoms with Crippen LogP contribution in [0.1, 0.15) is 17.3 Å². The standard InChI is InChI=1S/C25H23ClN8/c1-32-15-19(11-16-3-5-20(26)6-4-16)25-31-30-23-13-18(14-24(32)34(23)25)17-7-9-27-21(12-17)29-22-8-10-28-33(22)2/h3-10,12-14,19H,11,15H2,1-2H3,(H,27,29)/t19-/m0/s1. The maximum Gasteiger partial charge on any atom is 0.163 e. The largest absolute Gasteiger partial charge is 0.360 e. The van der Waals surface area contributed by atoms with Gasteiger partial charge in [0.25, 0.3) is 0 Å². The number of pyridine rings is 2. The molecule has 170 valence electrons. The Morgan fingerprint density at radius 1 is 0.971 bits per heavy atom. The molecule has 4 aromatic heterocycles. The summed E-state index contributed by atoms with van der Waals surface area (Å²) in [4.78, 5) is 6.75. The van der Waals surface area contributed by atoms with E-state index in [0.717, 1.165) is 58.0 Å². The predicted molar refractivity (Wildman–Crippen MR) is 134 cm³/mol. The minimum atomic E-state index is 0.246. The molecule has 0 saturated heterocycles. The van der Waals surface area contributed by atoms with Crippen molar-refractivity contribution in [2.75, 3.05) is 23.8 Å². The second kappa shape index (κ2) is 8.14.